The highest BCUT2D eigenvalue weighted by Gasteiger charge is 2.40. The topological polar surface area (TPSA) is 83.9 Å². The Morgan fingerprint density at radius 2 is 1.92 bits per heavy atom. The van der Waals surface area contributed by atoms with Gasteiger partial charge in [-0.15, -0.1) is 0 Å². The molecule has 0 aliphatic carbocycles. The zero-order valence-electron chi connectivity index (χ0n) is 14.6. The van der Waals surface area contributed by atoms with E-state index in [9.17, 15) is 19.5 Å². The van der Waals surface area contributed by atoms with Gasteiger partial charge in [0.25, 0.3) is 5.91 Å². The van der Waals surface area contributed by atoms with Crippen molar-refractivity contribution in [2.45, 2.75) is 26.3 Å². The van der Waals surface area contributed by atoms with Gasteiger partial charge in [0.15, 0.2) is 0 Å². The van der Waals surface area contributed by atoms with Crippen LogP contribution in [0.1, 0.15) is 36.2 Å². The molecule has 1 heterocycles. The Bertz CT molecular complexity index is 770. The lowest BCUT2D eigenvalue weighted by molar-refractivity contribution is -0.145. The second-order valence-corrected chi connectivity index (χ2v) is 7.82. The molecular formula is C18H19NO5S2. The van der Waals surface area contributed by atoms with E-state index in [1.807, 2.05) is 13.8 Å². The van der Waals surface area contributed by atoms with E-state index in [2.05, 4.69) is 4.74 Å². The number of carbonyl (C=O) groups excluding carboxylic acids is 2. The molecule has 1 saturated heterocycles. The molecule has 1 aromatic rings. The fourth-order valence-electron chi connectivity index (χ4n) is 2.50. The Kier molecular flexibility index (Phi) is 6.55. The van der Waals surface area contributed by atoms with Gasteiger partial charge in [-0.1, -0.05) is 50.0 Å². The average Bonchev–Trinajstić information content (AvgIpc) is 2.86. The van der Waals surface area contributed by atoms with Crippen molar-refractivity contribution in [3.05, 3.63) is 40.3 Å². The normalized spacial score (nSPS) is 17.1. The lowest BCUT2D eigenvalue weighted by Crippen LogP contribution is -2.44. The van der Waals surface area contributed by atoms with E-state index >= 15 is 0 Å². The quantitative estimate of drug-likeness (QED) is 0.451. The third kappa shape index (κ3) is 4.50. The summed E-state index contributed by atoms with van der Waals surface area (Å²) in [4.78, 5) is 37.3. The number of carbonyl (C=O) groups is 3. The van der Waals surface area contributed by atoms with Gasteiger partial charge in [-0.25, -0.2) is 9.59 Å². The second-order valence-electron chi connectivity index (χ2n) is 6.15. The van der Waals surface area contributed by atoms with Crippen LogP contribution in [0, 0.1) is 5.92 Å². The molecule has 1 aliphatic rings. The van der Waals surface area contributed by atoms with E-state index in [4.69, 9.17) is 12.2 Å². The van der Waals surface area contributed by atoms with Gasteiger partial charge in [0.2, 0.25) is 0 Å². The Morgan fingerprint density at radius 1 is 1.31 bits per heavy atom. The van der Waals surface area contributed by atoms with Crippen LogP contribution < -0.4 is 0 Å². The van der Waals surface area contributed by atoms with E-state index in [0.29, 0.717) is 22.5 Å². The molecule has 2 rings (SSSR count). The predicted molar refractivity (Wildman–Crippen MR) is 104 cm³/mol. The standard InChI is InChI=1S/C18H19NO5S2/c1-10(2)8-13(16(21)22)19-15(20)14(26-18(19)25)9-11-4-6-12(7-5-11)17(23)24-3/h4-7,9-10,13H,8H2,1-3H3,(H,21,22)/b14-9-/t13-/m0/s1. The number of aliphatic carboxylic acids is 1. The molecule has 1 atom stereocenters. The minimum atomic E-state index is -1.07. The van der Waals surface area contributed by atoms with Gasteiger partial charge in [0, 0.05) is 0 Å². The third-order valence-electron chi connectivity index (χ3n) is 3.74. The van der Waals surface area contributed by atoms with Crippen molar-refractivity contribution in [1.29, 1.82) is 0 Å². The molecule has 8 heteroatoms. The Morgan fingerprint density at radius 3 is 2.42 bits per heavy atom. The van der Waals surface area contributed by atoms with Gasteiger partial charge in [0.1, 0.15) is 10.4 Å². The fourth-order valence-corrected chi connectivity index (χ4v) is 3.85. The molecule has 6 nitrogen and oxygen atoms in total. The number of hydrogen-bond acceptors (Lipinski definition) is 6. The number of thiocarbonyl (C=S) groups is 1. The molecule has 0 spiro atoms. The van der Waals surface area contributed by atoms with Gasteiger partial charge in [-0.2, -0.15) is 0 Å². The summed E-state index contributed by atoms with van der Waals surface area (Å²) in [5, 5.41) is 9.47. The summed E-state index contributed by atoms with van der Waals surface area (Å²) in [5.41, 5.74) is 1.11. The smallest absolute Gasteiger partial charge is 0.337 e. The maximum Gasteiger partial charge on any atom is 0.337 e. The number of thioether (sulfide) groups is 1. The Labute approximate surface area is 161 Å². The van der Waals surface area contributed by atoms with Gasteiger partial charge < -0.3 is 9.84 Å². The number of ether oxygens (including phenoxy) is 1. The number of methoxy groups -OCH3 is 1. The van der Waals surface area contributed by atoms with Crippen LogP contribution >= 0.6 is 24.0 Å². The number of benzene rings is 1. The molecule has 0 saturated carbocycles. The van der Waals surface area contributed by atoms with E-state index in [1.165, 1.54) is 12.0 Å². The number of esters is 1. The molecule has 0 bridgehead atoms. The minimum absolute atomic E-state index is 0.107. The van der Waals surface area contributed by atoms with Crippen molar-refractivity contribution < 1.29 is 24.2 Å². The number of nitrogens with zero attached hydrogens (tertiary/aromatic N) is 1. The lowest BCUT2D eigenvalue weighted by Gasteiger charge is -2.24. The van der Waals surface area contributed by atoms with Crippen LogP contribution in [0.15, 0.2) is 29.2 Å². The van der Waals surface area contributed by atoms with Crippen molar-refractivity contribution in [2.75, 3.05) is 7.11 Å². The summed E-state index contributed by atoms with van der Waals surface area (Å²) in [6.45, 7) is 3.79. The van der Waals surface area contributed by atoms with Crippen LogP contribution in [0.4, 0.5) is 0 Å². The Balaban J connectivity index is 2.25. The van der Waals surface area contributed by atoms with Crippen molar-refractivity contribution in [1.82, 2.24) is 4.90 Å². The number of amides is 1. The van der Waals surface area contributed by atoms with Gasteiger partial charge in [0.05, 0.1) is 17.6 Å². The molecule has 26 heavy (non-hydrogen) atoms. The average molecular weight is 393 g/mol. The van der Waals surface area contributed by atoms with Crippen molar-refractivity contribution in [2.24, 2.45) is 5.92 Å². The van der Waals surface area contributed by atoms with E-state index in [-0.39, 0.29) is 10.2 Å². The Hall–Kier alpha value is -2.19. The van der Waals surface area contributed by atoms with Crippen LogP contribution in [0.25, 0.3) is 6.08 Å². The van der Waals surface area contributed by atoms with E-state index in [1.54, 1.807) is 30.3 Å². The van der Waals surface area contributed by atoms with E-state index in [0.717, 1.165) is 11.8 Å². The summed E-state index contributed by atoms with van der Waals surface area (Å²) < 4.78 is 4.88. The van der Waals surface area contributed by atoms with Crippen LogP contribution in [-0.2, 0) is 14.3 Å². The molecule has 0 radical (unpaired) electrons. The second kappa shape index (κ2) is 8.46. The largest absolute Gasteiger partial charge is 0.480 e. The van der Waals surface area contributed by atoms with Crippen molar-refractivity contribution in [3.8, 4) is 0 Å². The molecule has 1 aromatic carbocycles. The highest BCUT2D eigenvalue weighted by Crippen LogP contribution is 2.35. The van der Waals surface area contributed by atoms with Crippen LogP contribution in [0.2, 0.25) is 0 Å². The molecule has 1 N–H and O–H groups in total. The third-order valence-corrected chi connectivity index (χ3v) is 5.07. The monoisotopic (exact) mass is 393 g/mol. The summed E-state index contributed by atoms with van der Waals surface area (Å²) in [6.07, 6.45) is 1.96. The fraction of sp³-hybridized carbons (Fsp3) is 0.333. The molecule has 1 fully saturated rings. The van der Waals surface area contributed by atoms with Crippen LogP contribution in [0.3, 0.4) is 0 Å². The van der Waals surface area contributed by atoms with Crippen molar-refractivity contribution in [3.63, 3.8) is 0 Å². The van der Waals surface area contributed by atoms with Crippen LogP contribution in [-0.4, -0.2) is 45.3 Å². The van der Waals surface area contributed by atoms with Gasteiger partial charge in [-0.05, 0) is 36.1 Å². The lowest BCUT2D eigenvalue weighted by atomic mass is 10.0. The molecule has 1 amide bonds. The maximum absolute atomic E-state index is 12.7. The minimum Gasteiger partial charge on any atom is -0.480 e. The number of carboxylic acid groups (broad SMARTS) is 1. The first-order chi connectivity index (χ1) is 12.2. The summed E-state index contributed by atoms with van der Waals surface area (Å²) in [5.74, 6) is -1.82. The van der Waals surface area contributed by atoms with Gasteiger partial charge >= 0.3 is 11.9 Å². The summed E-state index contributed by atoms with van der Waals surface area (Å²) in [6, 6.07) is 5.58. The predicted octanol–water partition coefficient (Wildman–Crippen LogP) is 3.17. The SMILES string of the molecule is COC(=O)c1ccc(/C=C2\SC(=S)N([C@@H](CC(C)C)C(=O)O)C2=O)cc1. The van der Waals surface area contributed by atoms with E-state index < -0.39 is 23.9 Å². The zero-order valence-corrected chi connectivity index (χ0v) is 16.2. The first-order valence-corrected chi connectivity index (χ1v) is 9.15. The zero-order chi connectivity index (χ0) is 19.4. The van der Waals surface area contributed by atoms with Crippen molar-refractivity contribution >= 4 is 52.2 Å². The summed E-state index contributed by atoms with van der Waals surface area (Å²) >= 11 is 6.31. The highest BCUT2D eigenvalue weighted by atomic mass is 32.2. The molecule has 0 aromatic heterocycles. The molecule has 0 unspecified atom stereocenters. The number of carboxylic acids is 1. The number of hydrogen-bond donors (Lipinski definition) is 1. The maximum atomic E-state index is 12.7. The number of rotatable bonds is 6. The first-order valence-electron chi connectivity index (χ1n) is 7.92. The van der Waals surface area contributed by atoms with Gasteiger partial charge in [-0.3, -0.25) is 9.69 Å². The molecule has 138 valence electrons. The summed E-state index contributed by atoms with van der Waals surface area (Å²) in [7, 11) is 1.30. The molecule has 1 aliphatic heterocycles. The highest BCUT2D eigenvalue weighted by molar-refractivity contribution is 8.26. The van der Waals surface area contributed by atoms with Crippen LogP contribution in [0.5, 0.6) is 0 Å². The molecular weight excluding hydrogens is 374 g/mol. The first kappa shape index (κ1) is 20.1.